The lowest BCUT2D eigenvalue weighted by Gasteiger charge is -2.26. The van der Waals surface area contributed by atoms with Crippen LogP contribution in [0.25, 0.3) is 38.3 Å². The number of imidazole rings is 1. The third kappa shape index (κ3) is 11.7. The largest absolute Gasteiger partial charge is 0.495 e. The number of hydrogen-bond acceptors (Lipinski definition) is 13. The first-order chi connectivity index (χ1) is 26.1. The number of benzene rings is 1. The molecule has 3 aromatic heterocycles. The first-order valence-corrected chi connectivity index (χ1v) is 18.0. The summed E-state index contributed by atoms with van der Waals surface area (Å²) in [5.74, 6) is 2.04. The van der Waals surface area contributed by atoms with Crippen LogP contribution < -0.4 is 15.8 Å². The van der Waals surface area contributed by atoms with Gasteiger partial charge in [0.25, 0.3) is 0 Å². The number of aromatic nitrogens is 5. The Balaban J connectivity index is 0.905. The molecule has 1 aliphatic rings. The van der Waals surface area contributed by atoms with Crippen LogP contribution >= 0.6 is 0 Å². The van der Waals surface area contributed by atoms with E-state index in [1.807, 2.05) is 24.3 Å². The number of H-pyrrole nitrogens is 1. The topological polar surface area (TPSA) is 227 Å². The lowest BCUT2D eigenvalue weighted by molar-refractivity contribution is -0.126. The minimum atomic E-state index is -0.0620. The Morgan fingerprint density at radius 1 is 0.943 bits per heavy atom. The molecule has 0 aliphatic heterocycles. The molecular formula is C35H50N10O8. The van der Waals surface area contributed by atoms with Crippen LogP contribution in [0.5, 0.6) is 5.75 Å². The van der Waals surface area contributed by atoms with Crippen molar-refractivity contribution >= 4 is 28.1 Å². The third-order valence-corrected chi connectivity index (χ3v) is 8.85. The second kappa shape index (κ2) is 21.9. The fourth-order valence-electron chi connectivity index (χ4n) is 6.21. The number of methoxy groups -OCH3 is 1. The van der Waals surface area contributed by atoms with E-state index in [4.69, 9.17) is 49.4 Å². The van der Waals surface area contributed by atoms with Gasteiger partial charge in [-0.15, -0.1) is 0 Å². The Kier molecular flexibility index (Phi) is 16.3. The van der Waals surface area contributed by atoms with Crippen LogP contribution in [0.15, 0.2) is 35.7 Å². The molecule has 1 aliphatic carbocycles. The van der Waals surface area contributed by atoms with Crippen molar-refractivity contribution in [3.8, 4) is 17.1 Å². The van der Waals surface area contributed by atoms with Gasteiger partial charge in [-0.2, -0.15) is 5.10 Å². The number of carbonyl (C=O) groups is 1. The fourth-order valence-corrected chi connectivity index (χ4v) is 6.21. The molecule has 0 atom stereocenters. The van der Waals surface area contributed by atoms with Gasteiger partial charge in [-0.05, 0) is 43.3 Å². The second-order valence-corrected chi connectivity index (χ2v) is 12.3. The summed E-state index contributed by atoms with van der Waals surface area (Å²) in [7, 11) is 1.65. The highest BCUT2D eigenvalue weighted by atomic mass is 16.6. The van der Waals surface area contributed by atoms with Gasteiger partial charge in [-0.25, -0.2) is 14.5 Å². The van der Waals surface area contributed by atoms with Crippen molar-refractivity contribution in [2.24, 2.45) is 11.0 Å². The number of carbonyl (C=O) groups excluding carboxylic acids is 1. The van der Waals surface area contributed by atoms with Gasteiger partial charge in [0, 0.05) is 35.2 Å². The monoisotopic (exact) mass is 738 g/mol. The molecule has 0 spiro atoms. The van der Waals surface area contributed by atoms with E-state index in [1.165, 1.54) is 6.33 Å². The normalized spacial score (nSPS) is 15.9. The summed E-state index contributed by atoms with van der Waals surface area (Å²) in [5, 5.41) is 11.9. The molecule has 0 saturated heterocycles. The second-order valence-electron chi connectivity index (χ2n) is 12.3. The molecule has 1 fully saturated rings. The van der Waals surface area contributed by atoms with E-state index in [0.29, 0.717) is 109 Å². The molecule has 1 aromatic carbocycles. The molecular weight excluding hydrogens is 688 g/mol. The number of fused-ring (bicyclic) bond motifs is 2. The van der Waals surface area contributed by atoms with Crippen LogP contribution in [0.3, 0.4) is 0 Å². The molecule has 0 unspecified atom stereocenters. The lowest BCUT2D eigenvalue weighted by atomic mass is 9.81. The predicted octanol–water partition coefficient (Wildman–Crippen LogP) is 3.66. The van der Waals surface area contributed by atoms with E-state index in [2.05, 4.69) is 30.4 Å². The van der Waals surface area contributed by atoms with E-state index in [9.17, 15) is 4.79 Å². The summed E-state index contributed by atoms with van der Waals surface area (Å²) in [6.45, 7) is 6.14. The van der Waals surface area contributed by atoms with Crippen molar-refractivity contribution in [1.82, 2.24) is 29.9 Å². The van der Waals surface area contributed by atoms with Gasteiger partial charge in [0.05, 0.1) is 97.6 Å². The zero-order chi connectivity index (χ0) is 37.1. The van der Waals surface area contributed by atoms with Gasteiger partial charge >= 0.3 is 0 Å². The number of amides is 1. The maximum absolute atomic E-state index is 12.9. The fraction of sp³-hybridized carbons (Fsp3) is 0.600. The highest BCUT2D eigenvalue weighted by Crippen LogP contribution is 2.39. The minimum Gasteiger partial charge on any atom is -0.495 e. The number of anilines is 1. The number of nitrogens with one attached hydrogen (secondary N) is 2. The van der Waals surface area contributed by atoms with E-state index in [-0.39, 0.29) is 17.7 Å². The van der Waals surface area contributed by atoms with Gasteiger partial charge in [0.2, 0.25) is 5.91 Å². The third-order valence-electron chi connectivity index (χ3n) is 8.85. The number of nitrogens with zero attached hydrogens (tertiary/aromatic N) is 7. The van der Waals surface area contributed by atoms with E-state index < -0.39 is 0 Å². The smallest absolute Gasteiger partial charge is 0.223 e. The number of aromatic amines is 1. The van der Waals surface area contributed by atoms with E-state index in [0.717, 1.165) is 53.9 Å². The number of rotatable bonds is 25. The number of ether oxygens (including phenoxy) is 7. The van der Waals surface area contributed by atoms with Gasteiger partial charge < -0.3 is 49.2 Å². The average molecular weight is 739 g/mol. The van der Waals surface area contributed by atoms with Crippen molar-refractivity contribution in [2.75, 3.05) is 105 Å². The van der Waals surface area contributed by atoms with Crippen LogP contribution in [0.4, 0.5) is 5.82 Å². The zero-order valence-electron chi connectivity index (χ0n) is 30.2. The highest BCUT2D eigenvalue weighted by Gasteiger charge is 2.31. The van der Waals surface area contributed by atoms with Crippen molar-refractivity contribution in [3.05, 3.63) is 46.9 Å². The van der Waals surface area contributed by atoms with Crippen molar-refractivity contribution in [2.45, 2.75) is 31.6 Å². The molecule has 4 aromatic rings. The minimum absolute atomic E-state index is 0.0502. The van der Waals surface area contributed by atoms with Crippen LogP contribution in [0.2, 0.25) is 0 Å². The average Bonchev–Trinajstić information content (AvgIpc) is 3.80. The summed E-state index contributed by atoms with van der Waals surface area (Å²) in [6.07, 6.45) is 4.57. The molecule has 0 radical (unpaired) electrons. The summed E-state index contributed by atoms with van der Waals surface area (Å²) < 4.78 is 40.1. The molecule has 5 rings (SSSR count). The molecule has 288 valence electrons. The molecule has 1 saturated carbocycles. The summed E-state index contributed by atoms with van der Waals surface area (Å²) >= 11 is 0. The number of hydrogen-bond donors (Lipinski definition) is 3. The SMILES string of the molecule is COc1cccc2cc(-c3nc([C@H]4CC[C@H](C(=O)NCCOCCOCCOCCOCCOCCOCCN=[N+]=[N-])CC4)n4ncnc(N)c34)[nH]c12. The standard InChI is InChI=1S/C35H50N10O8/c1-47-29-4-2-3-27-23-28(42-30(27)29)31-32-33(36)39-24-41-45(32)34(43-31)25-5-7-26(8-6-25)35(46)38-9-11-48-13-15-50-17-19-52-21-22-53-20-18-51-16-14-49-12-10-40-44-37/h2-4,23-26,42H,5-22H2,1H3,(H,38,46)(H2,36,39,41)/t25-,26-. The maximum atomic E-state index is 12.9. The molecule has 18 heteroatoms. The number of nitrogens with two attached hydrogens (primary N) is 1. The number of nitrogen functional groups attached to an aromatic ring is 1. The summed E-state index contributed by atoms with van der Waals surface area (Å²) in [5.41, 5.74) is 17.6. The van der Waals surface area contributed by atoms with Crippen LogP contribution in [0.1, 0.15) is 37.4 Å². The van der Waals surface area contributed by atoms with Crippen molar-refractivity contribution in [3.63, 3.8) is 0 Å². The summed E-state index contributed by atoms with van der Waals surface area (Å²) in [4.78, 5) is 28.3. The van der Waals surface area contributed by atoms with Crippen molar-refractivity contribution in [1.29, 1.82) is 0 Å². The van der Waals surface area contributed by atoms with Crippen molar-refractivity contribution < 1.29 is 38.0 Å². The van der Waals surface area contributed by atoms with Gasteiger partial charge in [0.15, 0.2) is 5.82 Å². The number of azide groups is 1. The molecule has 4 N–H and O–H groups in total. The van der Waals surface area contributed by atoms with Gasteiger partial charge in [0.1, 0.15) is 29.1 Å². The Hall–Kier alpha value is -4.55. The van der Waals surface area contributed by atoms with Crippen LogP contribution in [-0.4, -0.2) is 130 Å². The Labute approximate surface area is 307 Å². The van der Waals surface area contributed by atoms with E-state index in [1.54, 1.807) is 11.6 Å². The van der Waals surface area contributed by atoms with Gasteiger partial charge in [-0.1, -0.05) is 17.2 Å². The maximum Gasteiger partial charge on any atom is 0.223 e. The quantitative estimate of drug-likeness (QED) is 0.0383. The predicted molar refractivity (Wildman–Crippen MR) is 196 cm³/mol. The molecule has 3 heterocycles. The van der Waals surface area contributed by atoms with E-state index >= 15 is 0 Å². The highest BCUT2D eigenvalue weighted by molar-refractivity contribution is 5.93. The summed E-state index contributed by atoms with van der Waals surface area (Å²) in [6, 6.07) is 7.91. The van der Waals surface area contributed by atoms with Crippen LogP contribution in [-0.2, 0) is 33.2 Å². The molecule has 53 heavy (non-hydrogen) atoms. The Morgan fingerprint density at radius 3 is 2.19 bits per heavy atom. The zero-order valence-corrected chi connectivity index (χ0v) is 30.2. The van der Waals surface area contributed by atoms with Crippen LogP contribution in [0, 0.1) is 5.92 Å². The Morgan fingerprint density at radius 2 is 1.57 bits per heavy atom. The Bertz CT molecular complexity index is 1750. The van der Waals surface area contributed by atoms with Gasteiger partial charge in [-0.3, -0.25) is 4.79 Å². The molecule has 18 nitrogen and oxygen atoms in total. The first-order valence-electron chi connectivity index (χ1n) is 18.0. The first kappa shape index (κ1) is 39.7. The number of para-hydroxylation sites is 1. The molecule has 0 bridgehead atoms. The molecule has 1 amide bonds. The lowest BCUT2D eigenvalue weighted by Crippen LogP contribution is -2.35.